The Morgan fingerprint density at radius 3 is 1.88 bits per heavy atom. The fourth-order valence-electron chi connectivity index (χ4n) is 1.90. The first-order valence-corrected chi connectivity index (χ1v) is 10.0. The molecular weight excluding hydrogens is 355 g/mol. The molecule has 0 spiro atoms. The van der Waals surface area contributed by atoms with Crippen molar-refractivity contribution in [3.05, 3.63) is 25.3 Å². The van der Waals surface area contributed by atoms with Crippen molar-refractivity contribution in [2.45, 2.75) is 69.7 Å². The van der Waals surface area contributed by atoms with Gasteiger partial charge in [0.2, 0.25) is 0 Å². The van der Waals surface area contributed by atoms with E-state index in [0.717, 1.165) is 45.2 Å². The van der Waals surface area contributed by atoms with E-state index in [9.17, 15) is 21.6 Å². The number of nitrogens with one attached hydrogen (secondary N) is 1. The third-order valence-corrected chi connectivity index (χ3v) is 4.29. The van der Waals surface area contributed by atoms with Gasteiger partial charge >= 0.3 is 15.4 Å². The van der Waals surface area contributed by atoms with Crippen molar-refractivity contribution in [1.82, 2.24) is 5.32 Å². The lowest BCUT2D eigenvalue weighted by atomic mass is 10.1. The highest BCUT2D eigenvalue weighted by Crippen LogP contribution is 2.30. The van der Waals surface area contributed by atoms with Gasteiger partial charge in [0.15, 0.2) is 6.17 Å². The second-order valence-corrected chi connectivity index (χ2v) is 7.14. The molecule has 25 heavy (non-hydrogen) atoms. The number of hydrogen-bond donors (Lipinski definition) is 2. The van der Waals surface area contributed by atoms with E-state index < -0.39 is 28.0 Å². The van der Waals surface area contributed by atoms with Crippen molar-refractivity contribution in [1.29, 1.82) is 0 Å². The fraction of sp³-hybridized carbons (Fsp3) is 0.765. The first-order valence-electron chi connectivity index (χ1n) is 8.56. The molecule has 0 bridgehead atoms. The second kappa shape index (κ2) is 15.4. The van der Waals surface area contributed by atoms with Crippen molar-refractivity contribution in [2.24, 2.45) is 0 Å². The molecule has 0 fully saturated rings. The topological polar surface area (TPSA) is 66.4 Å². The summed E-state index contributed by atoms with van der Waals surface area (Å²) >= 11 is 0. The maximum Gasteiger partial charge on any atom is 0.400 e. The minimum Gasteiger partial charge on any atom is -0.310 e. The average Bonchev–Trinajstić information content (AvgIpc) is 2.54. The number of hydrogen-bond acceptors (Lipinski definition) is 3. The molecule has 0 aliphatic carbocycles. The van der Waals surface area contributed by atoms with E-state index in [1.807, 2.05) is 12.2 Å². The summed E-state index contributed by atoms with van der Waals surface area (Å²) < 4.78 is 67.3. The first-order chi connectivity index (χ1) is 11.6. The molecule has 4 nitrogen and oxygen atoms in total. The van der Waals surface area contributed by atoms with Crippen LogP contribution >= 0.6 is 0 Å². The summed E-state index contributed by atoms with van der Waals surface area (Å²) in [6.07, 6.45) is 6.11. The smallest absolute Gasteiger partial charge is 0.310 e. The van der Waals surface area contributed by atoms with Crippen molar-refractivity contribution in [3.63, 3.8) is 0 Å². The molecule has 0 rings (SSSR count). The Morgan fingerprint density at radius 1 is 1.04 bits per heavy atom. The highest BCUT2D eigenvalue weighted by molar-refractivity contribution is 7.86. The summed E-state index contributed by atoms with van der Waals surface area (Å²) in [7, 11) is -5.66. The van der Waals surface area contributed by atoms with Gasteiger partial charge in [-0.05, 0) is 6.42 Å². The maximum absolute atomic E-state index is 13.0. The quantitative estimate of drug-likeness (QED) is 0.253. The van der Waals surface area contributed by atoms with Crippen LogP contribution < -0.4 is 5.32 Å². The Bertz CT molecular complexity index is 434. The van der Waals surface area contributed by atoms with Gasteiger partial charge in [0, 0.05) is 13.1 Å². The van der Waals surface area contributed by atoms with Crippen molar-refractivity contribution in [2.75, 3.05) is 13.1 Å². The summed E-state index contributed by atoms with van der Waals surface area (Å²) in [6, 6.07) is 0. The molecule has 2 N–H and O–H groups in total. The van der Waals surface area contributed by atoms with E-state index in [2.05, 4.69) is 25.4 Å². The van der Waals surface area contributed by atoms with Crippen molar-refractivity contribution in [3.8, 4) is 0 Å². The van der Waals surface area contributed by atoms with Crippen LogP contribution in [0.2, 0.25) is 0 Å². The third-order valence-electron chi connectivity index (χ3n) is 3.35. The standard InChI is InChI=1S/C11H21F3O3S.C6H11N/c1-2-3-4-5-6-7-8-9-10(12)11(13,14)18(15,16)17;1-3-5-7-6-4-2/h10H,2-9H2,1H3,(H,15,16,17);3-4,7H,1-2,5-6H2. The molecule has 8 heteroatoms. The third kappa shape index (κ3) is 14.0. The van der Waals surface area contributed by atoms with Crippen molar-refractivity contribution < 1.29 is 26.1 Å². The van der Waals surface area contributed by atoms with E-state index >= 15 is 0 Å². The van der Waals surface area contributed by atoms with Gasteiger partial charge in [0.25, 0.3) is 0 Å². The molecular formula is C17H32F3NO3S. The molecule has 0 saturated heterocycles. The van der Waals surface area contributed by atoms with Gasteiger partial charge in [-0.25, -0.2) is 4.39 Å². The lowest BCUT2D eigenvalue weighted by Gasteiger charge is -2.17. The molecule has 0 amide bonds. The van der Waals surface area contributed by atoms with E-state index in [0.29, 0.717) is 6.42 Å². The number of alkyl halides is 3. The predicted molar refractivity (Wildman–Crippen MR) is 97.3 cm³/mol. The SMILES string of the molecule is C=CCNCC=C.CCCCCCCCCC(F)C(F)(F)S(=O)(=O)O. The van der Waals surface area contributed by atoms with Crippen LogP contribution in [0.5, 0.6) is 0 Å². The summed E-state index contributed by atoms with van der Waals surface area (Å²) in [6.45, 7) is 10.9. The molecule has 0 aromatic rings. The van der Waals surface area contributed by atoms with Gasteiger partial charge in [-0.3, -0.25) is 4.55 Å². The minimum atomic E-state index is -5.66. The Kier molecular flexibility index (Phi) is 16.2. The largest absolute Gasteiger partial charge is 0.400 e. The zero-order chi connectivity index (χ0) is 19.8. The molecule has 0 aromatic heterocycles. The van der Waals surface area contributed by atoms with Gasteiger partial charge in [0.1, 0.15) is 0 Å². The van der Waals surface area contributed by atoms with Crippen LogP contribution in [0.3, 0.4) is 0 Å². The van der Waals surface area contributed by atoms with E-state index in [-0.39, 0.29) is 6.42 Å². The van der Waals surface area contributed by atoms with Crippen LogP contribution in [0.15, 0.2) is 25.3 Å². The van der Waals surface area contributed by atoms with Crippen LogP contribution in [0, 0.1) is 0 Å². The Morgan fingerprint density at radius 2 is 1.48 bits per heavy atom. The Balaban J connectivity index is 0. The monoisotopic (exact) mass is 387 g/mol. The van der Waals surface area contributed by atoms with Gasteiger partial charge in [-0.15, -0.1) is 13.2 Å². The second-order valence-electron chi connectivity index (χ2n) is 5.65. The predicted octanol–water partition coefficient (Wildman–Crippen LogP) is 4.89. The van der Waals surface area contributed by atoms with Crippen LogP contribution in [0.25, 0.3) is 0 Å². The van der Waals surface area contributed by atoms with Crippen LogP contribution in [0.1, 0.15) is 58.3 Å². The Hall–Kier alpha value is -0.860. The molecule has 0 aliphatic rings. The molecule has 0 heterocycles. The number of unbranched alkanes of at least 4 members (excludes halogenated alkanes) is 6. The maximum atomic E-state index is 13.0. The summed E-state index contributed by atoms with van der Waals surface area (Å²) in [4.78, 5) is 0. The van der Waals surface area contributed by atoms with Crippen molar-refractivity contribution >= 4 is 10.1 Å². The first kappa shape index (κ1) is 26.4. The summed E-state index contributed by atoms with van der Waals surface area (Å²) in [5.74, 6) is 0. The zero-order valence-corrected chi connectivity index (χ0v) is 15.8. The van der Waals surface area contributed by atoms with Crippen LogP contribution in [0.4, 0.5) is 13.2 Å². The molecule has 150 valence electrons. The highest BCUT2D eigenvalue weighted by atomic mass is 32.2. The summed E-state index contributed by atoms with van der Waals surface area (Å²) in [5, 5.41) is -1.65. The fourth-order valence-corrected chi connectivity index (χ4v) is 2.34. The molecule has 0 saturated carbocycles. The molecule has 1 unspecified atom stereocenters. The molecule has 0 aliphatic heterocycles. The Labute approximate surface area is 150 Å². The van der Waals surface area contributed by atoms with E-state index in [4.69, 9.17) is 4.55 Å². The van der Waals surface area contributed by atoms with Gasteiger partial charge in [0.05, 0.1) is 0 Å². The lowest BCUT2D eigenvalue weighted by Crippen LogP contribution is -2.38. The average molecular weight is 388 g/mol. The van der Waals surface area contributed by atoms with E-state index in [1.165, 1.54) is 0 Å². The van der Waals surface area contributed by atoms with Crippen LogP contribution in [-0.4, -0.2) is 37.5 Å². The normalized spacial score (nSPS) is 12.8. The number of halogens is 3. The minimum absolute atomic E-state index is 0.193. The molecule has 0 radical (unpaired) electrons. The number of rotatable bonds is 14. The summed E-state index contributed by atoms with van der Waals surface area (Å²) in [5.41, 5.74) is 0. The zero-order valence-electron chi connectivity index (χ0n) is 15.0. The van der Waals surface area contributed by atoms with Crippen LogP contribution in [-0.2, 0) is 10.1 Å². The highest BCUT2D eigenvalue weighted by Gasteiger charge is 2.52. The molecule has 0 aromatic carbocycles. The van der Waals surface area contributed by atoms with E-state index in [1.54, 1.807) is 0 Å². The van der Waals surface area contributed by atoms with Gasteiger partial charge in [-0.2, -0.15) is 17.2 Å². The molecule has 1 atom stereocenters. The van der Waals surface area contributed by atoms with Gasteiger partial charge < -0.3 is 5.32 Å². The van der Waals surface area contributed by atoms with Gasteiger partial charge in [-0.1, -0.05) is 64.0 Å². The lowest BCUT2D eigenvalue weighted by molar-refractivity contribution is -0.00709.